The Morgan fingerprint density at radius 3 is 2.11 bits per heavy atom. The van der Waals surface area contributed by atoms with Crippen LogP contribution in [-0.2, 0) is 12.5 Å². The van der Waals surface area contributed by atoms with E-state index < -0.39 is 11.9 Å². The zero-order chi connectivity index (χ0) is 27.0. The molecule has 1 saturated carbocycles. The maximum atomic E-state index is 15.4. The minimum atomic E-state index is -3.53. The Kier molecular flexibility index (Phi) is 10.6. The van der Waals surface area contributed by atoms with E-state index in [1.165, 1.54) is 70.6 Å². The van der Waals surface area contributed by atoms with Crippen molar-refractivity contribution < 1.29 is 17.9 Å². The molecule has 2 aliphatic rings. The molecular weight excluding hydrogens is 481 g/mol. The first kappa shape index (κ1) is 29.0. The Hall–Kier alpha value is -1.97. The first-order chi connectivity index (χ1) is 18.4. The van der Waals surface area contributed by atoms with Gasteiger partial charge in [-0.3, -0.25) is 0 Å². The van der Waals surface area contributed by atoms with Crippen LogP contribution in [0, 0.1) is 11.7 Å². The molecule has 1 heterocycles. The van der Waals surface area contributed by atoms with Gasteiger partial charge in [-0.2, -0.15) is 8.78 Å². The number of benzene rings is 2. The lowest BCUT2D eigenvalue weighted by atomic mass is 9.76. The first-order valence-corrected chi connectivity index (χ1v) is 15.5. The molecule has 0 amide bonds. The van der Waals surface area contributed by atoms with Crippen LogP contribution in [-0.4, -0.2) is 0 Å². The molecule has 0 N–H and O–H groups in total. The molecule has 2 aromatic carbocycles. The molecule has 0 bridgehead atoms. The van der Waals surface area contributed by atoms with Gasteiger partial charge in [0, 0.05) is 5.56 Å². The highest BCUT2D eigenvalue weighted by Crippen LogP contribution is 2.50. The van der Waals surface area contributed by atoms with E-state index in [1.54, 1.807) is 24.3 Å². The first-order valence-electron chi connectivity index (χ1n) is 15.5. The van der Waals surface area contributed by atoms with E-state index in [4.69, 9.17) is 4.74 Å². The molecule has 1 nitrogen and oxygen atoms in total. The van der Waals surface area contributed by atoms with Crippen LogP contribution in [0.3, 0.4) is 0 Å². The van der Waals surface area contributed by atoms with Gasteiger partial charge in [0.25, 0.3) is 0 Å². The van der Waals surface area contributed by atoms with Gasteiger partial charge in [-0.05, 0) is 73.1 Å². The summed E-state index contributed by atoms with van der Waals surface area (Å²) in [6, 6.07) is 8.92. The lowest BCUT2D eigenvalue weighted by Crippen LogP contribution is -2.28. The van der Waals surface area contributed by atoms with Gasteiger partial charge < -0.3 is 4.74 Å². The zero-order valence-corrected chi connectivity index (χ0v) is 23.6. The quantitative estimate of drug-likeness (QED) is 0.222. The highest BCUT2D eigenvalue weighted by Gasteiger charge is 2.44. The number of rotatable bonds is 14. The maximum absolute atomic E-state index is 15.4. The van der Waals surface area contributed by atoms with Gasteiger partial charge in [0.2, 0.25) is 0 Å². The summed E-state index contributed by atoms with van der Waals surface area (Å²) in [5, 5.41) is 0. The van der Waals surface area contributed by atoms with Crippen LogP contribution in [0.4, 0.5) is 13.2 Å². The summed E-state index contributed by atoms with van der Waals surface area (Å²) in [4.78, 5) is 0. The van der Waals surface area contributed by atoms with E-state index in [0.717, 1.165) is 43.6 Å². The molecule has 0 saturated heterocycles. The average Bonchev–Trinajstić information content (AvgIpc) is 2.92. The molecule has 2 aromatic rings. The number of fused-ring (bicyclic) bond motifs is 3. The van der Waals surface area contributed by atoms with E-state index in [9.17, 15) is 0 Å². The SMILES string of the molecule is CCCCCCCCCCc1ccc2c(c1F)OC(F)(F)c1cc(C3CCC(CCCCC)CC3)ccc1-2. The predicted molar refractivity (Wildman–Crippen MR) is 152 cm³/mol. The van der Waals surface area contributed by atoms with Gasteiger partial charge >= 0.3 is 6.11 Å². The van der Waals surface area contributed by atoms with Gasteiger partial charge in [-0.25, -0.2) is 4.39 Å². The van der Waals surface area contributed by atoms with Crippen molar-refractivity contribution in [2.45, 2.75) is 135 Å². The monoisotopic (exact) mass is 528 g/mol. The summed E-state index contributed by atoms with van der Waals surface area (Å²) < 4.78 is 51.0. The fraction of sp³-hybridized carbons (Fsp3) is 0.647. The standard InChI is InChI=1S/C34H47F3O/c1-3-5-7-8-9-10-11-13-15-27-20-23-30-29-22-21-28(24-31(29)34(36,37)38-33(30)32(27)35)26-18-16-25(17-19-26)14-12-6-4-2/h20-26H,3-19H2,1-2H3. The van der Waals surface area contributed by atoms with Crippen LogP contribution in [0.5, 0.6) is 5.75 Å². The van der Waals surface area contributed by atoms with E-state index in [0.29, 0.717) is 29.0 Å². The Morgan fingerprint density at radius 1 is 0.763 bits per heavy atom. The Labute approximate surface area is 228 Å². The number of aryl methyl sites for hydroxylation is 1. The number of hydrogen-bond acceptors (Lipinski definition) is 1. The van der Waals surface area contributed by atoms with Crippen molar-refractivity contribution in [2.24, 2.45) is 5.92 Å². The van der Waals surface area contributed by atoms with Crippen molar-refractivity contribution in [2.75, 3.05) is 0 Å². The summed E-state index contributed by atoms with van der Waals surface area (Å²) in [5.41, 5.74) is 2.15. The van der Waals surface area contributed by atoms with Crippen LogP contribution in [0.1, 0.15) is 139 Å². The highest BCUT2D eigenvalue weighted by atomic mass is 19.3. The summed E-state index contributed by atoms with van der Waals surface area (Å²) in [6.45, 7) is 4.44. The van der Waals surface area contributed by atoms with Gasteiger partial charge in [0.05, 0.1) is 5.56 Å². The number of unbranched alkanes of at least 4 members (excludes halogenated alkanes) is 9. The van der Waals surface area contributed by atoms with Gasteiger partial charge in [0.15, 0.2) is 11.6 Å². The molecule has 1 fully saturated rings. The second-order valence-electron chi connectivity index (χ2n) is 11.8. The third-order valence-corrected chi connectivity index (χ3v) is 8.89. The highest BCUT2D eigenvalue weighted by molar-refractivity contribution is 5.77. The molecule has 4 rings (SSSR count). The molecule has 0 unspecified atom stereocenters. The van der Waals surface area contributed by atoms with Crippen LogP contribution in [0.25, 0.3) is 11.1 Å². The van der Waals surface area contributed by atoms with Crippen molar-refractivity contribution in [3.8, 4) is 16.9 Å². The van der Waals surface area contributed by atoms with Crippen LogP contribution >= 0.6 is 0 Å². The van der Waals surface area contributed by atoms with E-state index >= 15 is 13.2 Å². The fourth-order valence-electron chi connectivity index (χ4n) is 6.49. The largest absolute Gasteiger partial charge is 0.427 e. The van der Waals surface area contributed by atoms with Crippen molar-refractivity contribution in [3.05, 3.63) is 52.8 Å². The van der Waals surface area contributed by atoms with E-state index in [1.807, 2.05) is 6.07 Å². The second-order valence-corrected chi connectivity index (χ2v) is 11.8. The Morgan fingerprint density at radius 2 is 1.39 bits per heavy atom. The molecule has 1 aliphatic carbocycles. The van der Waals surface area contributed by atoms with Gasteiger partial charge in [0.1, 0.15) is 0 Å². The van der Waals surface area contributed by atoms with Crippen molar-refractivity contribution in [3.63, 3.8) is 0 Å². The molecule has 4 heteroatoms. The van der Waals surface area contributed by atoms with Crippen LogP contribution < -0.4 is 4.74 Å². The molecule has 0 aromatic heterocycles. The van der Waals surface area contributed by atoms with Crippen molar-refractivity contribution >= 4 is 0 Å². The predicted octanol–water partition coefficient (Wildman–Crippen LogP) is 11.5. The lowest BCUT2D eigenvalue weighted by molar-refractivity contribution is -0.188. The van der Waals surface area contributed by atoms with Gasteiger partial charge in [-0.1, -0.05) is 109 Å². The molecule has 0 atom stereocenters. The lowest BCUT2D eigenvalue weighted by Gasteiger charge is -2.32. The minimum Gasteiger partial charge on any atom is -0.425 e. The van der Waals surface area contributed by atoms with Crippen LogP contribution in [0.2, 0.25) is 0 Å². The molecule has 0 spiro atoms. The normalized spacial score (nSPS) is 20.0. The third kappa shape index (κ3) is 7.16. The smallest absolute Gasteiger partial charge is 0.425 e. The summed E-state index contributed by atoms with van der Waals surface area (Å²) in [6.07, 6.45) is 15.9. The third-order valence-electron chi connectivity index (χ3n) is 8.89. The number of alkyl halides is 2. The maximum Gasteiger partial charge on any atom is 0.427 e. The fourth-order valence-corrected chi connectivity index (χ4v) is 6.49. The number of halogens is 3. The summed E-state index contributed by atoms with van der Waals surface area (Å²) in [5.74, 6) is 0.168. The Bertz CT molecular complexity index is 1020. The number of hydrogen-bond donors (Lipinski definition) is 0. The van der Waals surface area contributed by atoms with Gasteiger partial charge in [-0.15, -0.1) is 0 Å². The van der Waals surface area contributed by atoms with Crippen LogP contribution in [0.15, 0.2) is 30.3 Å². The second kappa shape index (κ2) is 13.9. The Balaban J connectivity index is 1.40. The topological polar surface area (TPSA) is 9.23 Å². The molecule has 1 aliphatic heterocycles. The van der Waals surface area contributed by atoms with E-state index in [-0.39, 0.29) is 11.3 Å². The average molecular weight is 529 g/mol. The molecule has 38 heavy (non-hydrogen) atoms. The van der Waals surface area contributed by atoms with Crippen molar-refractivity contribution in [1.82, 2.24) is 0 Å². The molecule has 210 valence electrons. The minimum absolute atomic E-state index is 0.122. The summed E-state index contributed by atoms with van der Waals surface area (Å²) in [7, 11) is 0. The number of ether oxygens (including phenoxy) is 1. The summed E-state index contributed by atoms with van der Waals surface area (Å²) >= 11 is 0. The molecular formula is C34H47F3O. The molecule has 0 radical (unpaired) electrons. The zero-order valence-electron chi connectivity index (χ0n) is 23.6. The van der Waals surface area contributed by atoms with E-state index in [2.05, 4.69) is 13.8 Å². The van der Waals surface area contributed by atoms with Crippen molar-refractivity contribution in [1.29, 1.82) is 0 Å².